The van der Waals surface area contributed by atoms with E-state index in [1.807, 2.05) is 23.7 Å². The standard InChI is InChI=1S/C20H22ClN3O4S/c1-10-22-18-15(19(25)23-24(18)12-4-5-28-20(2,3)8-12)17(29-10)11-6-13(21)16-14(7-11)26-9-27-16/h6-7,12,17H,4-5,8-9H2,1-3H3,(H,23,25)/t12-,17+/m0/s1. The number of ether oxygens (including phenoxy) is 3. The van der Waals surface area contributed by atoms with E-state index >= 15 is 0 Å². The number of hydrogen-bond donors (Lipinski definition) is 1. The molecule has 29 heavy (non-hydrogen) atoms. The third-order valence-corrected chi connectivity index (χ3v) is 6.99. The topological polar surface area (TPSA) is 77.8 Å². The molecule has 1 aromatic carbocycles. The molecule has 7 nitrogen and oxygen atoms in total. The summed E-state index contributed by atoms with van der Waals surface area (Å²) in [5, 5.41) is 4.21. The van der Waals surface area contributed by atoms with Crippen molar-refractivity contribution in [1.82, 2.24) is 9.78 Å². The van der Waals surface area contributed by atoms with Crippen LogP contribution in [0.1, 0.15) is 56.0 Å². The molecule has 3 aliphatic heterocycles. The summed E-state index contributed by atoms with van der Waals surface area (Å²) < 4.78 is 18.7. The molecule has 5 rings (SSSR count). The van der Waals surface area contributed by atoms with Gasteiger partial charge in [-0.25, -0.2) is 4.99 Å². The van der Waals surface area contributed by atoms with Crippen molar-refractivity contribution in [2.24, 2.45) is 4.99 Å². The van der Waals surface area contributed by atoms with E-state index in [9.17, 15) is 4.79 Å². The molecule has 0 amide bonds. The van der Waals surface area contributed by atoms with E-state index in [-0.39, 0.29) is 29.2 Å². The first-order chi connectivity index (χ1) is 13.8. The summed E-state index contributed by atoms with van der Waals surface area (Å²) in [6.45, 7) is 6.93. The van der Waals surface area contributed by atoms with Crippen molar-refractivity contribution in [3.63, 3.8) is 0 Å². The molecule has 2 atom stereocenters. The van der Waals surface area contributed by atoms with E-state index in [2.05, 4.69) is 18.9 Å². The second-order valence-electron chi connectivity index (χ2n) is 8.17. The number of fused-ring (bicyclic) bond motifs is 2. The maximum Gasteiger partial charge on any atom is 0.271 e. The SMILES string of the molecule is CC1=Nc2c(c(=O)[nH]n2[C@H]2CCOC(C)(C)C2)[C@@H](c2cc(Cl)c3c(c2)OCO3)S1. The Morgan fingerprint density at radius 1 is 1.34 bits per heavy atom. The average Bonchev–Trinajstić information content (AvgIpc) is 3.25. The summed E-state index contributed by atoms with van der Waals surface area (Å²) in [5.41, 5.74) is 1.20. The van der Waals surface area contributed by atoms with Gasteiger partial charge in [0, 0.05) is 6.61 Å². The number of H-pyrrole nitrogens is 1. The molecule has 3 aliphatic rings. The molecular weight excluding hydrogens is 414 g/mol. The summed E-state index contributed by atoms with van der Waals surface area (Å²) in [4.78, 5) is 17.8. The zero-order valence-electron chi connectivity index (χ0n) is 16.5. The fourth-order valence-electron chi connectivity index (χ4n) is 4.27. The monoisotopic (exact) mass is 435 g/mol. The highest BCUT2D eigenvalue weighted by molar-refractivity contribution is 8.14. The molecule has 1 fully saturated rings. The zero-order valence-corrected chi connectivity index (χ0v) is 18.0. The van der Waals surface area contributed by atoms with Crippen molar-refractivity contribution in [2.45, 2.75) is 50.5 Å². The molecule has 2 aromatic rings. The van der Waals surface area contributed by atoms with Crippen molar-refractivity contribution in [3.8, 4) is 11.5 Å². The average molecular weight is 436 g/mol. The number of thioether (sulfide) groups is 1. The van der Waals surface area contributed by atoms with Crippen LogP contribution in [0.5, 0.6) is 11.5 Å². The molecule has 1 N–H and O–H groups in total. The molecule has 0 saturated carbocycles. The number of aromatic amines is 1. The van der Waals surface area contributed by atoms with Crippen LogP contribution in [-0.4, -0.2) is 33.8 Å². The molecule has 1 aromatic heterocycles. The van der Waals surface area contributed by atoms with Gasteiger partial charge in [-0.2, -0.15) is 0 Å². The minimum atomic E-state index is -0.233. The zero-order chi connectivity index (χ0) is 20.3. The first-order valence-electron chi connectivity index (χ1n) is 9.62. The first kappa shape index (κ1) is 19.1. The highest BCUT2D eigenvalue weighted by Gasteiger charge is 2.36. The Labute approximate surface area is 177 Å². The number of nitrogens with zero attached hydrogens (tertiary/aromatic N) is 2. The molecule has 1 saturated heterocycles. The van der Waals surface area contributed by atoms with Gasteiger partial charge in [0.05, 0.1) is 32.5 Å². The van der Waals surface area contributed by atoms with Crippen molar-refractivity contribution in [2.75, 3.05) is 13.4 Å². The molecule has 9 heteroatoms. The van der Waals surface area contributed by atoms with Gasteiger partial charge in [-0.3, -0.25) is 14.6 Å². The smallest absolute Gasteiger partial charge is 0.271 e. The first-order valence-corrected chi connectivity index (χ1v) is 10.9. The van der Waals surface area contributed by atoms with Gasteiger partial charge in [0.2, 0.25) is 6.79 Å². The van der Waals surface area contributed by atoms with Crippen LogP contribution in [0, 0.1) is 0 Å². The molecule has 0 radical (unpaired) electrons. The van der Waals surface area contributed by atoms with Gasteiger partial charge < -0.3 is 14.2 Å². The van der Waals surface area contributed by atoms with Crippen molar-refractivity contribution < 1.29 is 14.2 Å². The molecule has 0 spiro atoms. The van der Waals surface area contributed by atoms with Crippen LogP contribution in [0.25, 0.3) is 0 Å². The summed E-state index contributed by atoms with van der Waals surface area (Å²) >= 11 is 7.95. The Kier molecular flexibility index (Phi) is 4.49. The number of hydrogen-bond acceptors (Lipinski definition) is 6. The number of aliphatic imine (C=N–C) groups is 1. The van der Waals surface area contributed by atoms with Crippen LogP contribution in [-0.2, 0) is 4.74 Å². The summed E-state index contributed by atoms with van der Waals surface area (Å²) in [6.07, 6.45) is 1.65. The third-order valence-electron chi connectivity index (χ3n) is 5.54. The number of halogens is 1. The van der Waals surface area contributed by atoms with Crippen LogP contribution in [0.2, 0.25) is 5.02 Å². The minimum Gasteiger partial charge on any atom is -0.454 e. The predicted molar refractivity (Wildman–Crippen MR) is 113 cm³/mol. The molecule has 0 bridgehead atoms. The highest BCUT2D eigenvalue weighted by atomic mass is 35.5. The van der Waals surface area contributed by atoms with Crippen LogP contribution >= 0.6 is 23.4 Å². The van der Waals surface area contributed by atoms with E-state index in [1.165, 1.54) is 0 Å². The molecular formula is C20H22ClN3O4S. The Balaban J connectivity index is 1.60. The number of rotatable bonds is 2. The van der Waals surface area contributed by atoms with E-state index in [4.69, 9.17) is 30.8 Å². The van der Waals surface area contributed by atoms with Crippen molar-refractivity contribution >= 4 is 34.2 Å². The van der Waals surface area contributed by atoms with Gasteiger partial charge in [0.1, 0.15) is 0 Å². The van der Waals surface area contributed by atoms with E-state index in [0.717, 1.165) is 23.4 Å². The predicted octanol–water partition coefficient (Wildman–Crippen LogP) is 4.57. The maximum absolute atomic E-state index is 13.0. The van der Waals surface area contributed by atoms with Gasteiger partial charge in [0.25, 0.3) is 5.56 Å². The lowest BCUT2D eigenvalue weighted by atomic mass is 9.94. The molecule has 154 valence electrons. The fourth-order valence-corrected chi connectivity index (χ4v) is 5.62. The lowest BCUT2D eigenvalue weighted by molar-refractivity contribution is -0.0705. The highest BCUT2D eigenvalue weighted by Crippen LogP contribution is 2.49. The quantitative estimate of drug-likeness (QED) is 0.747. The van der Waals surface area contributed by atoms with Gasteiger partial charge in [-0.15, -0.1) is 0 Å². The number of nitrogens with one attached hydrogen (secondary N) is 1. The molecule has 4 heterocycles. The van der Waals surface area contributed by atoms with Crippen LogP contribution in [0.15, 0.2) is 21.9 Å². The lowest BCUT2D eigenvalue weighted by Gasteiger charge is -2.36. The minimum absolute atomic E-state index is 0.119. The van der Waals surface area contributed by atoms with Gasteiger partial charge in [0.15, 0.2) is 17.3 Å². The van der Waals surface area contributed by atoms with E-state index < -0.39 is 0 Å². The second-order valence-corrected chi connectivity index (χ2v) is 9.87. The van der Waals surface area contributed by atoms with Crippen LogP contribution in [0.3, 0.4) is 0 Å². The Morgan fingerprint density at radius 3 is 2.97 bits per heavy atom. The Bertz CT molecular complexity index is 1070. The normalized spacial score (nSPS) is 24.9. The fraction of sp³-hybridized carbons (Fsp3) is 0.500. The van der Waals surface area contributed by atoms with E-state index in [0.29, 0.717) is 34.5 Å². The maximum atomic E-state index is 13.0. The van der Waals surface area contributed by atoms with Gasteiger partial charge in [-0.05, 0) is 51.3 Å². The molecule has 0 unspecified atom stereocenters. The third kappa shape index (κ3) is 3.27. The van der Waals surface area contributed by atoms with Gasteiger partial charge in [-0.1, -0.05) is 23.4 Å². The lowest BCUT2D eigenvalue weighted by Crippen LogP contribution is -2.35. The van der Waals surface area contributed by atoms with E-state index in [1.54, 1.807) is 11.8 Å². The van der Waals surface area contributed by atoms with Gasteiger partial charge >= 0.3 is 0 Å². The van der Waals surface area contributed by atoms with Crippen molar-refractivity contribution in [1.29, 1.82) is 0 Å². The Morgan fingerprint density at radius 2 is 2.17 bits per heavy atom. The van der Waals surface area contributed by atoms with Crippen LogP contribution < -0.4 is 15.0 Å². The Hall–Kier alpha value is -1.90. The number of aromatic nitrogens is 2. The summed E-state index contributed by atoms with van der Waals surface area (Å²) in [7, 11) is 0. The van der Waals surface area contributed by atoms with Crippen molar-refractivity contribution in [3.05, 3.63) is 38.6 Å². The number of benzene rings is 1. The second kappa shape index (κ2) is 6.82. The summed E-state index contributed by atoms with van der Waals surface area (Å²) in [6, 6.07) is 3.89. The molecule has 0 aliphatic carbocycles. The largest absolute Gasteiger partial charge is 0.454 e. The van der Waals surface area contributed by atoms with Crippen LogP contribution in [0.4, 0.5) is 5.82 Å². The summed E-state index contributed by atoms with van der Waals surface area (Å²) in [5.74, 6) is 1.86.